The summed E-state index contributed by atoms with van der Waals surface area (Å²) in [5.74, 6) is -2.19. The molecule has 0 aliphatic heterocycles. The van der Waals surface area contributed by atoms with E-state index in [1.54, 1.807) is 0 Å². The van der Waals surface area contributed by atoms with E-state index >= 15 is 0 Å². The third kappa shape index (κ3) is 33.0. The van der Waals surface area contributed by atoms with Gasteiger partial charge in [-0.05, 0) is 19.4 Å². The molecule has 0 rings (SSSR count). The lowest BCUT2D eigenvalue weighted by molar-refractivity contribution is -0.158. The van der Waals surface area contributed by atoms with Crippen molar-refractivity contribution in [1.82, 2.24) is 0 Å². The molecule has 0 aromatic rings. The van der Waals surface area contributed by atoms with Crippen molar-refractivity contribution in [2.45, 2.75) is 218 Å². The summed E-state index contributed by atoms with van der Waals surface area (Å²) in [5, 5.41) is 29.1. The van der Waals surface area contributed by atoms with Gasteiger partial charge < -0.3 is 37.3 Å². The topological polar surface area (TPSA) is 182 Å². The lowest BCUT2D eigenvalue weighted by Gasteiger charge is -2.26. The van der Waals surface area contributed by atoms with E-state index < -0.39 is 36.2 Å². The highest BCUT2D eigenvalue weighted by Gasteiger charge is 2.37. The van der Waals surface area contributed by atoms with E-state index in [9.17, 15) is 24.9 Å². The maximum Gasteiger partial charge on any atom is 0.249 e. The minimum Gasteiger partial charge on any atom is -0.387 e. The molecule has 2 amide bonds. The lowest BCUT2D eigenvalue weighted by atomic mass is 10.0. The van der Waals surface area contributed by atoms with Crippen LogP contribution in [-0.4, -0.2) is 64.7 Å². The average Bonchev–Trinajstić information content (AvgIpc) is 3.05. The molecule has 0 aromatic carbocycles. The summed E-state index contributed by atoms with van der Waals surface area (Å²) >= 11 is 0. The number of rotatable bonds is 35. The second-order valence-electron chi connectivity index (χ2n) is 13.5. The minimum absolute atomic E-state index is 0.183. The van der Waals surface area contributed by atoms with Crippen LogP contribution in [0, 0.1) is 0 Å². The Labute approximate surface area is 289 Å². The first-order valence-corrected chi connectivity index (χ1v) is 19.7. The number of aliphatic hydroxyl groups excluding tert-OH is 3. The Bertz CT molecular complexity index is 655. The van der Waals surface area contributed by atoms with Gasteiger partial charge in [0, 0.05) is 6.61 Å². The number of nitrogens with two attached hydrogens (primary N) is 3. The van der Waals surface area contributed by atoms with Crippen LogP contribution in [0.1, 0.15) is 194 Å². The van der Waals surface area contributed by atoms with Crippen LogP contribution in [0.15, 0.2) is 0 Å². The van der Waals surface area contributed by atoms with Gasteiger partial charge in [-0.25, -0.2) is 0 Å². The zero-order valence-corrected chi connectivity index (χ0v) is 30.8. The maximum absolute atomic E-state index is 11.4. The van der Waals surface area contributed by atoms with Crippen molar-refractivity contribution in [1.29, 1.82) is 0 Å². The molecule has 0 aliphatic carbocycles. The van der Waals surface area contributed by atoms with E-state index in [4.69, 9.17) is 21.9 Å². The molecule has 47 heavy (non-hydrogen) atoms. The summed E-state index contributed by atoms with van der Waals surface area (Å²) in [6.07, 6.45) is 29.6. The summed E-state index contributed by atoms with van der Waals surface area (Å²) in [6.45, 7) is 5.58. The summed E-state index contributed by atoms with van der Waals surface area (Å²) < 4.78 is 5.28. The highest BCUT2D eigenvalue weighted by atomic mass is 16.5. The van der Waals surface area contributed by atoms with Crippen LogP contribution in [-0.2, 0) is 14.3 Å². The zero-order chi connectivity index (χ0) is 35.4. The van der Waals surface area contributed by atoms with E-state index in [1.807, 2.05) is 0 Å². The number of carbonyl (C=O) groups is 2. The number of aliphatic hydroxyl groups is 3. The molecular weight excluding hydrogens is 594 g/mol. The molecule has 0 saturated carbocycles. The van der Waals surface area contributed by atoms with Crippen LogP contribution >= 0.6 is 0 Å². The summed E-state index contributed by atoms with van der Waals surface area (Å²) in [4.78, 5) is 22.3. The minimum atomic E-state index is -2.01. The highest BCUT2D eigenvalue weighted by Crippen LogP contribution is 2.15. The van der Waals surface area contributed by atoms with E-state index in [0.29, 0.717) is 6.42 Å². The van der Waals surface area contributed by atoms with Crippen LogP contribution in [0.25, 0.3) is 0 Å². The highest BCUT2D eigenvalue weighted by molar-refractivity contribution is 5.81. The molecule has 0 fully saturated rings. The lowest BCUT2D eigenvalue weighted by Crippen LogP contribution is -2.53. The van der Waals surface area contributed by atoms with Gasteiger partial charge in [-0.2, -0.15) is 0 Å². The largest absolute Gasteiger partial charge is 0.387 e. The second kappa shape index (κ2) is 37.6. The molecule has 0 spiro atoms. The molecular formula is C38H79N3O6. The van der Waals surface area contributed by atoms with Crippen LogP contribution in [0.5, 0.6) is 0 Å². The second-order valence-corrected chi connectivity index (χ2v) is 13.5. The van der Waals surface area contributed by atoms with Gasteiger partial charge in [0.15, 0.2) is 12.2 Å². The number of ether oxygens (including phenoxy) is 1. The summed E-state index contributed by atoms with van der Waals surface area (Å²) in [7, 11) is 0. The summed E-state index contributed by atoms with van der Waals surface area (Å²) in [5.41, 5.74) is 15.5. The number of hydrogen-bond donors (Lipinski definition) is 6. The van der Waals surface area contributed by atoms with E-state index in [0.717, 1.165) is 25.8 Å². The van der Waals surface area contributed by atoms with Gasteiger partial charge in [0.2, 0.25) is 11.8 Å². The van der Waals surface area contributed by atoms with Crippen LogP contribution in [0.3, 0.4) is 0 Å². The van der Waals surface area contributed by atoms with Crippen molar-refractivity contribution >= 4 is 11.8 Å². The zero-order valence-electron chi connectivity index (χ0n) is 30.8. The van der Waals surface area contributed by atoms with Crippen molar-refractivity contribution in [3.8, 4) is 0 Å². The summed E-state index contributed by atoms with van der Waals surface area (Å²) in [6, 6.07) is 0. The third-order valence-electron chi connectivity index (χ3n) is 8.91. The van der Waals surface area contributed by atoms with Gasteiger partial charge in [0.05, 0.1) is 0 Å². The molecule has 282 valence electrons. The fourth-order valence-electron chi connectivity index (χ4n) is 5.73. The van der Waals surface area contributed by atoms with E-state index in [1.165, 1.54) is 154 Å². The molecule has 0 heterocycles. The van der Waals surface area contributed by atoms with Gasteiger partial charge >= 0.3 is 0 Å². The number of unbranched alkanes of at least 4 members (excludes halogenated alkanes) is 26. The Kier molecular flexibility index (Phi) is 38.2. The number of amides is 2. The first-order valence-electron chi connectivity index (χ1n) is 19.7. The van der Waals surface area contributed by atoms with E-state index in [2.05, 4.69) is 13.8 Å². The molecule has 0 aromatic heterocycles. The molecule has 0 bridgehead atoms. The normalized spacial score (nSPS) is 13.8. The van der Waals surface area contributed by atoms with Crippen molar-refractivity contribution in [2.24, 2.45) is 17.2 Å². The Morgan fingerprint density at radius 2 is 0.766 bits per heavy atom. The number of hydrogen-bond acceptors (Lipinski definition) is 7. The van der Waals surface area contributed by atoms with Gasteiger partial charge in [-0.15, -0.1) is 0 Å². The molecule has 9 heteroatoms. The van der Waals surface area contributed by atoms with E-state index in [-0.39, 0.29) is 6.61 Å². The van der Waals surface area contributed by atoms with Crippen molar-refractivity contribution in [3.05, 3.63) is 0 Å². The van der Waals surface area contributed by atoms with Gasteiger partial charge in [0.25, 0.3) is 0 Å². The number of primary amides is 2. The molecule has 4 atom stereocenters. The number of carbonyl (C=O) groups excluding carboxylic acids is 2. The molecule has 0 saturated heterocycles. The Hall–Kier alpha value is -1.26. The molecule has 9 N–H and O–H groups in total. The Morgan fingerprint density at radius 1 is 0.468 bits per heavy atom. The molecule has 0 unspecified atom stereocenters. The third-order valence-corrected chi connectivity index (χ3v) is 8.91. The fourth-order valence-corrected chi connectivity index (χ4v) is 5.73. The van der Waals surface area contributed by atoms with Gasteiger partial charge in [-0.1, -0.05) is 181 Å². The SMILES string of the molecule is CCCCCCCCCCCCCCCCN.CCCCCCCCCCCCCCCCO[C@@H](C(N)=O)[C@@H](O)[C@H](O)[C@H](O)C(N)=O. The smallest absolute Gasteiger partial charge is 0.249 e. The van der Waals surface area contributed by atoms with Crippen LogP contribution in [0.2, 0.25) is 0 Å². The maximum atomic E-state index is 11.4. The molecule has 0 radical (unpaired) electrons. The van der Waals surface area contributed by atoms with Crippen LogP contribution in [0.4, 0.5) is 0 Å². The van der Waals surface area contributed by atoms with Crippen molar-refractivity contribution < 1.29 is 29.6 Å². The van der Waals surface area contributed by atoms with Crippen LogP contribution < -0.4 is 17.2 Å². The van der Waals surface area contributed by atoms with Gasteiger partial charge in [-0.3, -0.25) is 9.59 Å². The standard InChI is InChI=1S/C22H44N2O6.C16H35N/c1-2-3-4-5-6-7-8-9-10-11-12-13-14-15-16-30-20(22(24)29)18(26)17(25)19(27)21(23)28;1-2-3-4-5-6-7-8-9-10-11-12-13-14-15-16-17/h17-20,25-27H,2-16H2,1H3,(H2,23,28)(H2,24,29);2-17H2,1H3/t17-,18-,19-,20+;/m0./s1. The quantitative estimate of drug-likeness (QED) is 0.0381. The monoisotopic (exact) mass is 674 g/mol. The van der Waals surface area contributed by atoms with Crippen molar-refractivity contribution in [3.63, 3.8) is 0 Å². The predicted octanol–water partition coefficient (Wildman–Crippen LogP) is 7.33. The van der Waals surface area contributed by atoms with Crippen molar-refractivity contribution in [2.75, 3.05) is 13.2 Å². The first-order chi connectivity index (χ1) is 22.7. The Balaban J connectivity index is 0. The molecule has 0 aliphatic rings. The average molecular weight is 674 g/mol. The van der Waals surface area contributed by atoms with Gasteiger partial charge in [0.1, 0.15) is 12.2 Å². The molecule has 9 nitrogen and oxygen atoms in total. The predicted molar refractivity (Wildman–Crippen MR) is 196 cm³/mol. The first kappa shape index (κ1) is 47.9. The Morgan fingerprint density at radius 3 is 1.04 bits per heavy atom. The fraction of sp³-hybridized carbons (Fsp3) is 0.947.